The van der Waals surface area contributed by atoms with Gasteiger partial charge in [-0.05, 0) is 24.7 Å². The van der Waals surface area contributed by atoms with Crippen LogP contribution >= 0.6 is 0 Å². The van der Waals surface area contributed by atoms with Crippen molar-refractivity contribution < 1.29 is 0 Å². The van der Waals surface area contributed by atoms with Gasteiger partial charge in [0.1, 0.15) is 0 Å². The molecule has 0 rings (SSSR count). The molecule has 0 aliphatic heterocycles. The molecule has 205 valence electrons. The summed E-state index contributed by atoms with van der Waals surface area (Å²) in [6, 6.07) is 0. The Morgan fingerprint density at radius 2 is 0.676 bits per heavy atom. The molecule has 2 unspecified atom stereocenters. The molecule has 1 radical (unpaired) electrons. The largest absolute Gasteiger partial charge is 0.0654 e. The quantitative estimate of drug-likeness (QED) is 0.0982. The molecule has 0 aromatic heterocycles. The van der Waals surface area contributed by atoms with Gasteiger partial charge >= 0.3 is 0 Å². The molecule has 0 heterocycles. The van der Waals surface area contributed by atoms with E-state index in [4.69, 9.17) is 0 Å². The highest BCUT2D eigenvalue weighted by molar-refractivity contribution is 4.69. The van der Waals surface area contributed by atoms with Crippen molar-refractivity contribution >= 4 is 0 Å². The van der Waals surface area contributed by atoms with Crippen LogP contribution in [-0.2, 0) is 0 Å². The molecule has 0 aromatic carbocycles. The molecule has 0 aromatic rings. The fourth-order valence-corrected chi connectivity index (χ4v) is 5.38. The van der Waals surface area contributed by atoms with E-state index in [9.17, 15) is 0 Å². The van der Waals surface area contributed by atoms with Crippen LogP contribution in [0.1, 0.15) is 195 Å². The predicted octanol–water partition coefficient (Wildman–Crippen LogP) is 12.9. The summed E-state index contributed by atoms with van der Waals surface area (Å²) < 4.78 is 0. The smallest absolute Gasteiger partial charge is 0.0388 e. The molecule has 2 atom stereocenters. The van der Waals surface area contributed by atoms with Crippen molar-refractivity contribution in [3.05, 3.63) is 6.92 Å². The van der Waals surface area contributed by atoms with Crippen LogP contribution in [0.15, 0.2) is 0 Å². The number of rotatable bonds is 28. The van der Waals surface area contributed by atoms with Crippen LogP contribution in [0.3, 0.4) is 0 Å². The predicted molar refractivity (Wildman–Crippen MR) is 159 cm³/mol. The first kappa shape index (κ1) is 34.0. The molecule has 0 N–H and O–H groups in total. The molecule has 0 saturated carbocycles. The fourth-order valence-electron chi connectivity index (χ4n) is 5.38. The van der Waals surface area contributed by atoms with E-state index in [1.807, 2.05) is 0 Å². The zero-order valence-corrected chi connectivity index (χ0v) is 24.8. The number of hydrogen-bond acceptors (Lipinski definition) is 0. The van der Waals surface area contributed by atoms with Gasteiger partial charge in [-0.25, -0.2) is 0 Å². The zero-order chi connectivity index (χ0) is 25.1. The molecule has 0 bridgehead atoms. The van der Waals surface area contributed by atoms with Gasteiger partial charge < -0.3 is 0 Å². The van der Waals surface area contributed by atoms with Crippen LogP contribution in [0.5, 0.6) is 0 Å². The maximum absolute atomic E-state index is 4.51. The molecule has 0 spiro atoms. The number of unbranched alkanes of at least 4 members (excludes halogenated alkanes) is 21. The Balaban J connectivity index is 3.28. The van der Waals surface area contributed by atoms with E-state index in [1.54, 1.807) is 0 Å². The summed E-state index contributed by atoms with van der Waals surface area (Å²) in [6.07, 6.45) is 37.6. The number of hydrogen-bond donors (Lipinski definition) is 0. The lowest BCUT2D eigenvalue weighted by Crippen LogP contribution is -2.08. The van der Waals surface area contributed by atoms with Gasteiger partial charge in [0.25, 0.3) is 0 Å². The van der Waals surface area contributed by atoms with Gasteiger partial charge in [-0.2, -0.15) is 0 Å². The minimum Gasteiger partial charge on any atom is -0.0654 e. The monoisotopic (exact) mass is 478 g/mol. The standard InChI is InChI=1S/C34H69/c1-6-7-8-9-10-11-14-18-21-24-27-30-33(4)34(5)31-28-25-22-19-16-13-12-15-17-20-23-26-29-32(2)3/h32-34H,5-31H2,1-4H3. The summed E-state index contributed by atoms with van der Waals surface area (Å²) in [6.45, 7) is 14.0. The van der Waals surface area contributed by atoms with E-state index >= 15 is 0 Å². The van der Waals surface area contributed by atoms with Crippen molar-refractivity contribution in [1.82, 2.24) is 0 Å². The third-order valence-electron chi connectivity index (χ3n) is 8.17. The Bertz CT molecular complexity index is 357. The van der Waals surface area contributed by atoms with Crippen molar-refractivity contribution in [2.24, 2.45) is 17.8 Å². The molecule has 0 aliphatic rings. The lowest BCUT2D eigenvalue weighted by molar-refractivity contribution is 0.350. The SMILES string of the molecule is [CH2]C(CCCCCCCCCCCCCCC(C)C)C(C)CCCCCCCCCCCCC. The van der Waals surface area contributed by atoms with Gasteiger partial charge in [-0.15, -0.1) is 0 Å². The van der Waals surface area contributed by atoms with Crippen LogP contribution in [0, 0.1) is 24.7 Å². The van der Waals surface area contributed by atoms with Crippen LogP contribution in [0.4, 0.5) is 0 Å². The van der Waals surface area contributed by atoms with Crippen molar-refractivity contribution in [3.63, 3.8) is 0 Å². The Hall–Kier alpha value is 0. The third-order valence-corrected chi connectivity index (χ3v) is 8.17. The van der Waals surface area contributed by atoms with Gasteiger partial charge in [0, 0.05) is 0 Å². The summed E-state index contributed by atoms with van der Waals surface area (Å²) in [5.41, 5.74) is 0. The second-order valence-corrected chi connectivity index (χ2v) is 12.3. The normalized spacial score (nSPS) is 13.6. The summed E-state index contributed by atoms with van der Waals surface area (Å²) in [5.74, 6) is 2.40. The molecule has 0 saturated heterocycles. The van der Waals surface area contributed by atoms with Crippen molar-refractivity contribution in [3.8, 4) is 0 Å². The summed E-state index contributed by atoms with van der Waals surface area (Å²) >= 11 is 0. The van der Waals surface area contributed by atoms with E-state index in [1.165, 1.54) is 167 Å². The maximum Gasteiger partial charge on any atom is -0.0388 e. The highest BCUT2D eigenvalue weighted by Crippen LogP contribution is 2.24. The van der Waals surface area contributed by atoms with Crippen molar-refractivity contribution in [2.75, 3.05) is 0 Å². The van der Waals surface area contributed by atoms with Gasteiger partial charge in [0.05, 0.1) is 0 Å². The first-order chi connectivity index (χ1) is 16.6. The molecule has 0 amide bonds. The summed E-state index contributed by atoms with van der Waals surface area (Å²) in [5, 5.41) is 0. The van der Waals surface area contributed by atoms with E-state index < -0.39 is 0 Å². The van der Waals surface area contributed by atoms with Crippen LogP contribution in [0.25, 0.3) is 0 Å². The highest BCUT2D eigenvalue weighted by atomic mass is 14.2. The second kappa shape index (κ2) is 27.6. The summed E-state index contributed by atoms with van der Waals surface area (Å²) in [7, 11) is 0. The molecular weight excluding hydrogens is 408 g/mol. The van der Waals surface area contributed by atoms with E-state index in [2.05, 4.69) is 34.6 Å². The average Bonchev–Trinajstić information content (AvgIpc) is 2.82. The van der Waals surface area contributed by atoms with Crippen molar-refractivity contribution in [1.29, 1.82) is 0 Å². The third kappa shape index (κ3) is 26.6. The zero-order valence-electron chi connectivity index (χ0n) is 24.8. The minimum atomic E-state index is 0.684. The Morgan fingerprint density at radius 1 is 0.382 bits per heavy atom. The van der Waals surface area contributed by atoms with Gasteiger partial charge in [0.2, 0.25) is 0 Å². The first-order valence-electron chi connectivity index (χ1n) is 16.4. The topological polar surface area (TPSA) is 0 Å². The van der Waals surface area contributed by atoms with Crippen LogP contribution in [0.2, 0.25) is 0 Å². The summed E-state index contributed by atoms with van der Waals surface area (Å²) in [4.78, 5) is 0. The second-order valence-electron chi connectivity index (χ2n) is 12.3. The Morgan fingerprint density at radius 3 is 1.03 bits per heavy atom. The molecular formula is C34H69. The molecule has 0 heteroatoms. The molecule has 34 heavy (non-hydrogen) atoms. The van der Waals surface area contributed by atoms with Crippen molar-refractivity contribution in [2.45, 2.75) is 195 Å². The minimum absolute atomic E-state index is 0.684. The first-order valence-corrected chi connectivity index (χ1v) is 16.4. The van der Waals surface area contributed by atoms with Gasteiger partial charge in [0.15, 0.2) is 0 Å². The highest BCUT2D eigenvalue weighted by Gasteiger charge is 2.11. The van der Waals surface area contributed by atoms with Crippen LogP contribution in [-0.4, -0.2) is 0 Å². The molecule has 0 fully saturated rings. The molecule has 0 aliphatic carbocycles. The van der Waals surface area contributed by atoms with Gasteiger partial charge in [-0.3, -0.25) is 0 Å². The lowest BCUT2D eigenvalue weighted by atomic mass is 9.86. The van der Waals surface area contributed by atoms with E-state index in [0.29, 0.717) is 5.92 Å². The average molecular weight is 478 g/mol. The van der Waals surface area contributed by atoms with Crippen LogP contribution < -0.4 is 0 Å². The fraction of sp³-hybridized carbons (Fsp3) is 0.971. The lowest BCUT2D eigenvalue weighted by Gasteiger charge is -2.19. The maximum atomic E-state index is 4.51. The molecule has 0 nitrogen and oxygen atoms in total. The Labute approximate surface area is 219 Å². The van der Waals surface area contributed by atoms with E-state index in [0.717, 1.165) is 11.8 Å². The van der Waals surface area contributed by atoms with E-state index in [-0.39, 0.29) is 0 Å². The van der Waals surface area contributed by atoms with Gasteiger partial charge in [-0.1, -0.05) is 195 Å². The Kier molecular flexibility index (Phi) is 27.6.